The molecule has 0 aliphatic carbocycles. The van der Waals surface area contributed by atoms with Crippen molar-refractivity contribution in [3.05, 3.63) is 30.1 Å². The van der Waals surface area contributed by atoms with Crippen LogP contribution in [0.15, 0.2) is 24.5 Å². The van der Waals surface area contributed by atoms with Gasteiger partial charge >= 0.3 is 0 Å². The Hall–Kier alpha value is -2.23. The molecule has 1 saturated heterocycles. The first-order chi connectivity index (χ1) is 10.2. The molecule has 2 atom stereocenters. The van der Waals surface area contributed by atoms with Gasteiger partial charge in [-0.05, 0) is 19.1 Å². The zero-order chi connectivity index (χ0) is 14.8. The van der Waals surface area contributed by atoms with Gasteiger partial charge in [0, 0.05) is 25.5 Å². The van der Waals surface area contributed by atoms with E-state index in [1.165, 1.54) is 0 Å². The van der Waals surface area contributed by atoms with Gasteiger partial charge in [0.1, 0.15) is 17.1 Å². The Morgan fingerprint density at radius 1 is 1.33 bits per heavy atom. The summed E-state index contributed by atoms with van der Waals surface area (Å²) in [6, 6.07) is 5.80. The molecular formula is C15H16N4O2. The molecule has 6 heteroatoms. The number of aliphatic hydroxyl groups is 1. The van der Waals surface area contributed by atoms with E-state index in [9.17, 15) is 10.4 Å². The summed E-state index contributed by atoms with van der Waals surface area (Å²) >= 11 is 0. The molecule has 2 unspecified atom stereocenters. The molecule has 6 nitrogen and oxygen atoms in total. The second-order valence-electron chi connectivity index (χ2n) is 5.15. The van der Waals surface area contributed by atoms with Crippen LogP contribution in [0.3, 0.4) is 0 Å². The molecule has 1 aromatic heterocycles. The van der Waals surface area contributed by atoms with Crippen molar-refractivity contribution >= 4 is 16.7 Å². The first-order valence-corrected chi connectivity index (χ1v) is 6.88. The number of nitrogens with zero attached hydrogens (tertiary/aromatic N) is 4. The van der Waals surface area contributed by atoms with Gasteiger partial charge in [0.25, 0.3) is 0 Å². The summed E-state index contributed by atoms with van der Waals surface area (Å²) < 4.78 is 5.66. The first-order valence-electron chi connectivity index (χ1n) is 6.88. The Balaban J connectivity index is 2.07. The van der Waals surface area contributed by atoms with Gasteiger partial charge in [-0.1, -0.05) is 0 Å². The quantitative estimate of drug-likeness (QED) is 0.889. The largest absolute Gasteiger partial charge is 0.394 e. The normalized spacial score (nSPS) is 22.2. The topological polar surface area (TPSA) is 82.3 Å². The van der Waals surface area contributed by atoms with Crippen LogP contribution in [0.5, 0.6) is 0 Å². The van der Waals surface area contributed by atoms with Gasteiger partial charge in [-0.15, -0.1) is 0 Å². The number of aliphatic hydroxyl groups excluding tert-OH is 1. The number of morpholine rings is 1. The van der Waals surface area contributed by atoms with Crippen LogP contribution in [0, 0.1) is 11.3 Å². The lowest BCUT2D eigenvalue weighted by atomic mass is 10.1. The molecule has 0 bridgehead atoms. The third kappa shape index (κ3) is 2.53. The lowest BCUT2D eigenvalue weighted by Gasteiger charge is -2.37. The average Bonchev–Trinajstić information content (AvgIpc) is 2.53. The molecule has 1 aliphatic heterocycles. The maximum atomic E-state index is 9.35. The fourth-order valence-electron chi connectivity index (χ4n) is 2.73. The molecule has 108 valence electrons. The Morgan fingerprint density at radius 3 is 2.81 bits per heavy atom. The Morgan fingerprint density at radius 2 is 2.10 bits per heavy atom. The van der Waals surface area contributed by atoms with E-state index in [4.69, 9.17) is 4.74 Å². The van der Waals surface area contributed by atoms with Crippen LogP contribution < -0.4 is 4.90 Å². The van der Waals surface area contributed by atoms with Crippen LogP contribution in [-0.4, -0.2) is 47.0 Å². The van der Waals surface area contributed by atoms with E-state index in [2.05, 4.69) is 20.9 Å². The molecule has 1 aliphatic rings. The molecule has 0 spiro atoms. The molecule has 0 radical (unpaired) electrons. The van der Waals surface area contributed by atoms with Gasteiger partial charge in [0.2, 0.25) is 0 Å². The minimum absolute atomic E-state index is 0.0132. The van der Waals surface area contributed by atoms with E-state index >= 15 is 0 Å². The third-order valence-corrected chi connectivity index (χ3v) is 3.59. The number of aromatic nitrogens is 2. The molecule has 0 saturated carbocycles. The number of hydrogen-bond donors (Lipinski definition) is 1. The second kappa shape index (κ2) is 5.64. The summed E-state index contributed by atoms with van der Waals surface area (Å²) in [4.78, 5) is 10.8. The fraction of sp³-hybridized carbons (Fsp3) is 0.400. The molecular weight excluding hydrogens is 268 g/mol. The van der Waals surface area contributed by atoms with Gasteiger partial charge in [0.15, 0.2) is 0 Å². The van der Waals surface area contributed by atoms with Crippen molar-refractivity contribution < 1.29 is 9.84 Å². The van der Waals surface area contributed by atoms with Crippen LogP contribution in [0.1, 0.15) is 12.5 Å². The fourth-order valence-corrected chi connectivity index (χ4v) is 2.73. The van der Waals surface area contributed by atoms with E-state index < -0.39 is 0 Å². The summed E-state index contributed by atoms with van der Waals surface area (Å²) in [5.41, 5.74) is 2.76. The summed E-state index contributed by atoms with van der Waals surface area (Å²) in [5, 5.41) is 18.5. The van der Waals surface area contributed by atoms with Crippen LogP contribution in [0.25, 0.3) is 11.0 Å². The zero-order valence-corrected chi connectivity index (χ0v) is 11.7. The number of benzene rings is 1. The van der Waals surface area contributed by atoms with E-state index in [1.54, 1.807) is 18.5 Å². The van der Waals surface area contributed by atoms with Crippen molar-refractivity contribution in [1.29, 1.82) is 5.26 Å². The van der Waals surface area contributed by atoms with E-state index in [1.807, 2.05) is 13.0 Å². The second-order valence-corrected chi connectivity index (χ2v) is 5.15. The maximum absolute atomic E-state index is 9.35. The van der Waals surface area contributed by atoms with Crippen molar-refractivity contribution in [1.82, 2.24) is 9.97 Å². The van der Waals surface area contributed by atoms with Crippen molar-refractivity contribution in [3.63, 3.8) is 0 Å². The minimum atomic E-state index is -0.212. The van der Waals surface area contributed by atoms with Crippen LogP contribution in [0.4, 0.5) is 5.69 Å². The van der Waals surface area contributed by atoms with Gasteiger partial charge in [0.05, 0.1) is 30.1 Å². The summed E-state index contributed by atoms with van der Waals surface area (Å²) in [6.07, 6.45) is 3.03. The molecule has 2 aromatic rings. The van der Waals surface area contributed by atoms with Crippen molar-refractivity contribution in [2.45, 2.75) is 19.1 Å². The maximum Gasteiger partial charge on any atom is 0.113 e. The van der Waals surface area contributed by atoms with Gasteiger partial charge in [-0.25, -0.2) is 0 Å². The molecule has 1 fully saturated rings. The number of anilines is 1. The number of ether oxygens (including phenoxy) is 1. The highest BCUT2D eigenvalue weighted by atomic mass is 16.5. The highest BCUT2D eigenvalue weighted by Gasteiger charge is 2.26. The molecule has 1 aromatic carbocycles. The molecule has 2 heterocycles. The lowest BCUT2D eigenvalue weighted by molar-refractivity contribution is -0.0420. The minimum Gasteiger partial charge on any atom is -0.394 e. The SMILES string of the molecule is CC1CN(c2ccc(C#N)c3nccnc23)CC(CO)O1. The predicted molar refractivity (Wildman–Crippen MR) is 77.9 cm³/mol. The van der Waals surface area contributed by atoms with Crippen molar-refractivity contribution in [3.8, 4) is 6.07 Å². The smallest absolute Gasteiger partial charge is 0.113 e. The van der Waals surface area contributed by atoms with E-state index in [-0.39, 0.29) is 18.8 Å². The van der Waals surface area contributed by atoms with Crippen LogP contribution in [0.2, 0.25) is 0 Å². The number of rotatable bonds is 2. The molecule has 3 rings (SSSR count). The Labute approximate surface area is 122 Å². The average molecular weight is 284 g/mol. The Kier molecular flexibility index (Phi) is 3.69. The number of nitriles is 1. The standard InChI is InChI=1S/C15H16N4O2/c1-10-7-19(8-12(9-20)21-10)13-3-2-11(6-16)14-15(13)18-5-4-17-14/h2-5,10,12,20H,7-9H2,1H3. The van der Waals surface area contributed by atoms with Crippen molar-refractivity contribution in [2.24, 2.45) is 0 Å². The highest BCUT2D eigenvalue weighted by Crippen LogP contribution is 2.28. The van der Waals surface area contributed by atoms with E-state index in [0.29, 0.717) is 29.7 Å². The first kappa shape index (κ1) is 13.7. The van der Waals surface area contributed by atoms with Gasteiger partial charge < -0.3 is 14.7 Å². The predicted octanol–water partition coefficient (Wildman–Crippen LogP) is 1.09. The molecule has 0 amide bonds. The molecule has 21 heavy (non-hydrogen) atoms. The zero-order valence-electron chi connectivity index (χ0n) is 11.7. The monoisotopic (exact) mass is 284 g/mol. The summed E-state index contributed by atoms with van der Waals surface area (Å²) in [5.74, 6) is 0. The molecule has 1 N–H and O–H groups in total. The third-order valence-electron chi connectivity index (χ3n) is 3.59. The number of hydrogen-bond acceptors (Lipinski definition) is 6. The van der Waals surface area contributed by atoms with Gasteiger partial charge in [-0.3, -0.25) is 9.97 Å². The Bertz CT molecular complexity index is 698. The number of fused-ring (bicyclic) bond motifs is 1. The van der Waals surface area contributed by atoms with Crippen LogP contribution in [-0.2, 0) is 4.74 Å². The van der Waals surface area contributed by atoms with E-state index in [0.717, 1.165) is 5.69 Å². The van der Waals surface area contributed by atoms with Crippen molar-refractivity contribution in [2.75, 3.05) is 24.6 Å². The highest BCUT2D eigenvalue weighted by molar-refractivity contribution is 5.91. The van der Waals surface area contributed by atoms with Crippen LogP contribution >= 0.6 is 0 Å². The summed E-state index contributed by atoms with van der Waals surface area (Å²) in [7, 11) is 0. The summed E-state index contributed by atoms with van der Waals surface area (Å²) in [6.45, 7) is 3.28. The lowest BCUT2D eigenvalue weighted by Crippen LogP contribution is -2.48. The van der Waals surface area contributed by atoms with Gasteiger partial charge in [-0.2, -0.15) is 5.26 Å².